The second-order valence-electron chi connectivity index (χ2n) is 20.1. The molecule has 3 rings (SSSR count). The van der Waals surface area contributed by atoms with Crippen molar-refractivity contribution < 1.29 is 0 Å². The zero-order chi connectivity index (χ0) is 47.5. The van der Waals surface area contributed by atoms with E-state index in [0.29, 0.717) is 54.4 Å². The van der Waals surface area contributed by atoms with Gasteiger partial charge < -0.3 is 47.9 Å². The molecule has 0 aromatic heterocycles. The Morgan fingerprint density at radius 1 is 0.254 bits per heavy atom. The molecule has 0 aliphatic carbocycles. The molecule has 3 aromatic rings. The molecule has 0 saturated heterocycles. The molecule has 0 heterocycles. The first-order chi connectivity index (χ1) is 29.6. The van der Waals surface area contributed by atoms with E-state index in [9.17, 15) is 0 Å². The smallest absolute Gasteiger partial charge is 0.0214 e. The van der Waals surface area contributed by atoms with E-state index in [0.717, 1.165) is 58.9 Å². The van der Waals surface area contributed by atoms with E-state index in [1.54, 1.807) is 0 Å². The highest BCUT2D eigenvalue weighted by atomic mass is 14.9. The third kappa shape index (κ3) is 29.5. The first kappa shape index (κ1) is 58.3. The SMILES string of the molecule is CC(C)NCc1cc(CNC(C)C)cc(CNC(C)C)c1.CC(C)NCc1ccc(CNC(C)C)c(CNC(C)C)c1.CC(C)NCc1cccc(CNC(C)C)c1CNC(C)C. The topological polar surface area (TPSA) is 108 Å². The van der Waals surface area contributed by atoms with Crippen LogP contribution in [0.2, 0.25) is 0 Å². The fourth-order valence-corrected chi connectivity index (χ4v) is 6.37. The van der Waals surface area contributed by atoms with Gasteiger partial charge in [0.2, 0.25) is 0 Å². The fourth-order valence-electron chi connectivity index (χ4n) is 6.37. The lowest BCUT2D eigenvalue weighted by molar-refractivity contribution is 0.554. The van der Waals surface area contributed by atoms with E-state index in [1.165, 1.54) is 50.1 Å². The number of rotatable bonds is 27. The summed E-state index contributed by atoms with van der Waals surface area (Å²) in [5, 5.41) is 31.7. The molecule has 360 valence electrons. The minimum atomic E-state index is 0.502. The molecule has 0 bridgehead atoms. The molecule has 0 unspecified atom stereocenters. The van der Waals surface area contributed by atoms with Crippen molar-refractivity contribution in [3.63, 3.8) is 0 Å². The molecule has 0 aliphatic rings. The predicted octanol–water partition coefficient (Wildman–Crippen LogP) is 9.54. The van der Waals surface area contributed by atoms with Crippen LogP contribution in [0, 0.1) is 0 Å². The lowest BCUT2D eigenvalue weighted by atomic mass is 9.99. The third-order valence-electron chi connectivity index (χ3n) is 10.1. The Bertz CT molecular complexity index is 1490. The van der Waals surface area contributed by atoms with Crippen LogP contribution in [-0.2, 0) is 58.9 Å². The summed E-state index contributed by atoms with van der Waals surface area (Å²) in [7, 11) is 0. The van der Waals surface area contributed by atoms with E-state index >= 15 is 0 Å². The Balaban J connectivity index is 0.000000472. The minimum Gasteiger partial charge on any atom is -0.310 e. The summed E-state index contributed by atoms with van der Waals surface area (Å²) >= 11 is 0. The van der Waals surface area contributed by atoms with Crippen LogP contribution in [0.5, 0.6) is 0 Å². The molecular formula is C54H99N9. The van der Waals surface area contributed by atoms with Crippen molar-refractivity contribution in [1.82, 2.24) is 47.9 Å². The summed E-state index contributed by atoms with van der Waals surface area (Å²) in [5.74, 6) is 0. The van der Waals surface area contributed by atoms with Crippen molar-refractivity contribution in [2.75, 3.05) is 0 Å². The Hall–Kier alpha value is -2.70. The first-order valence-corrected chi connectivity index (χ1v) is 24.6. The maximum atomic E-state index is 3.56. The van der Waals surface area contributed by atoms with Crippen LogP contribution in [-0.4, -0.2) is 54.4 Å². The van der Waals surface area contributed by atoms with E-state index < -0.39 is 0 Å². The van der Waals surface area contributed by atoms with Gasteiger partial charge in [-0.2, -0.15) is 0 Å². The van der Waals surface area contributed by atoms with Crippen LogP contribution in [0.3, 0.4) is 0 Å². The summed E-state index contributed by atoms with van der Waals surface area (Å²) in [6.07, 6.45) is 0. The van der Waals surface area contributed by atoms with Crippen molar-refractivity contribution >= 4 is 0 Å². The highest BCUT2D eigenvalue weighted by Gasteiger charge is 2.11. The van der Waals surface area contributed by atoms with E-state index in [4.69, 9.17) is 0 Å². The molecule has 63 heavy (non-hydrogen) atoms. The Morgan fingerprint density at radius 3 is 0.857 bits per heavy atom. The molecule has 9 N–H and O–H groups in total. The van der Waals surface area contributed by atoms with Crippen LogP contribution >= 0.6 is 0 Å². The number of hydrogen-bond donors (Lipinski definition) is 9. The second kappa shape index (κ2) is 32.9. The monoisotopic (exact) mass is 874 g/mol. The normalized spacial score (nSPS) is 11.9. The van der Waals surface area contributed by atoms with Crippen molar-refractivity contribution in [2.24, 2.45) is 0 Å². The van der Waals surface area contributed by atoms with E-state index in [1.807, 2.05) is 0 Å². The molecule has 0 amide bonds. The summed E-state index contributed by atoms with van der Waals surface area (Å²) < 4.78 is 0. The second-order valence-corrected chi connectivity index (χ2v) is 20.1. The van der Waals surface area contributed by atoms with Crippen molar-refractivity contribution in [3.05, 3.63) is 105 Å². The van der Waals surface area contributed by atoms with Crippen molar-refractivity contribution in [3.8, 4) is 0 Å². The minimum absolute atomic E-state index is 0.502. The van der Waals surface area contributed by atoms with Gasteiger partial charge in [-0.15, -0.1) is 0 Å². The Labute approximate surface area is 389 Å². The van der Waals surface area contributed by atoms with Gasteiger partial charge in [0.1, 0.15) is 0 Å². The summed E-state index contributed by atoms with van der Waals surface area (Å²) in [5.41, 5.74) is 12.5. The summed E-state index contributed by atoms with van der Waals surface area (Å²) in [4.78, 5) is 0. The van der Waals surface area contributed by atoms with Crippen LogP contribution in [0.15, 0.2) is 54.6 Å². The molecule has 0 saturated carbocycles. The third-order valence-corrected chi connectivity index (χ3v) is 10.1. The van der Waals surface area contributed by atoms with Crippen LogP contribution in [0.1, 0.15) is 175 Å². The van der Waals surface area contributed by atoms with E-state index in [-0.39, 0.29) is 0 Å². The summed E-state index contributed by atoms with van der Waals surface area (Å²) in [6.45, 7) is 47.8. The zero-order valence-electron chi connectivity index (χ0n) is 43.8. The Morgan fingerprint density at radius 2 is 0.524 bits per heavy atom. The molecule has 0 atom stereocenters. The quantitative estimate of drug-likeness (QED) is 0.0371. The fraction of sp³-hybridized carbons (Fsp3) is 0.667. The Kier molecular flexibility index (Phi) is 30.4. The number of hydrogen-bond acceptors (Lipinski definition) is 9. The number of benzene rings is 3. The standard InChI is InChI=1S/3C18H33N3/c1-13(2)19-10-16-7-17(11-20-14(3)4)9-18(8-16)12-21-15(5)6;1-13(2)19-10-16-7-8-17(11-20-14(3)4)18(9-16)12-21-15(5)6;1-13(2)19-10-16-8-7-9-17(11-20-14(3)4)18(16)12-21-15(5)6/h3*7-9,13-15,19-21H,10-12H2,1-6H3. The van der Waals surface area contributed by atoms with Gasteiger partial charge in [0, 0.05) is 113 Å². The van der Waals surface area contributed by atoms with Crippen LogP contribution in [0.25, 0.3) is 0 Å². The maximum Gasteiger partial charge on any atom is 0.0214 e. The highest BCUT2D eigenvalue weighted by Crippen LogP contribution is 2.17. The van der Waals surface area contributed by atoms with Gasteiger partial charge in [0.05, 0.1) is 0 Å². The molecule has 0 aliphatic heterocycles. The van der Waals surface area contributed by atoms with E-state index in [2.05, 4.69) is 227 Å². The van der Waals surface area contributed by atoms with Gasteiger partial charge >= 0.3 is 0 Å². The van der Waals surface area contributed by atoms with Gasteiger partial charge in [-0.25, -0.2) is 0 Å². The van der Waals surface area contributed by atoms with Gasteiger partial charge in [0.25, 0.3) is 0 Å². The van der Waals surface area contributed by atoms with Gasteiger partial charge in [-0.05, 0) is 50.1 Å². The molecule has 3 aromatic carbocycles. The molecule has 0 radical (unpaired) electrons. The highest BCUT2D eigenvalue weighted by molar-refractivity contribution is 5.36. The van der Waals surface area contributed by atoms with Crippen LogP contribution in [0.4, 0.5) is 0 Å². The maximum absolute atomic E-state index is 3.56. The lowest BCUT2D eigenvalue weighted by Gasteiger charge is -2.19. The zero-order valence-corrected chi connectivity index (χ0v) is 43.8. The first-order valence-electron chi connectivity index (χ1n) is 24.6. The van der Waals surface area contributed by atoms with Crippen LogP contribution < -0.4 is 47.9 Å². The number of nitrogens with one attached hydrogen (secondary N) is 9. The summed E-state index contributed by atoms with van der Waals surface area (Å²) in [6, 6.07) is 25.0. The van der Waals surface area contributed by atoms with Gasteiger partial charge in [0.15, 0.2) is 0 Å². The van der Waals surface area contributed by atoms with Crippen molar-refractivity contribution in [2.45, 2.75) is 238 Å². The van der Waals surface area contributed by atoms with Gasteiger partial charge in [-0.1, -0.05) is 179 Å². The molecule has 9 heteroatoms. The average molecular weight is 874 g/mol. The lowest BCUT2D eigenvalue weighted by Crippen LogP contribution is -2.28. The predicted molar refractivity (Wildman–Crippen MR) is 277 cm³/mol. The molecule has 0 spiro atoms. The average Bonchev–Trinajstić information content (AvgIpc) is 3.20. The molecular weight excluding hydrogens is 775 g/mol. The largest absolute Gasteiger partial charge is 0.310 e. The molecule has 0 fully saturated rings. The van der Waals surface area contributed by atoms with Crippen molar-refractivity contribution in [1.29, 1.82) is 0 Å². The van der Waals surface area contributed by atoms with Gasteiger partial charge in [-0.3, -0.25) is 0 Å². The molecule has 9 nitrogen and oxygen atoms in total.